The molecule has 2 atom stereocenters. The third kappa shape index (κ3) is 4.74. The van der Waals surface area contributed by atoms with Crippen molar-refractivity contribution in [3.05, 3.63) is 48.0 Å². The number of benzene rings is 1. The molecule has 2 rings (SSSR count). The molecular weight excluding hydrogens is 266 g/mol. The van der Waals surface area contributed by atoms with Gasteiger partial charge in [0.2, 0.25) is 5.91 Å². The molecule has 21 heavy (non-hydrogen) atoms. The van der Waals surface area contributed by atoms with Crippen molar-refractivity contribution in [2.45, 2.75) is 32.2 Å². The Bertz CT molecular complexity index is 510. The Kier molecular flexibility index (Phi) is 5.55. The molecule has 0 saturated carbocycles. The summed E-state index contributed by atoms with van der Waals surface area (Å²) in [4.78, 5) is 23.9. The monoisotopic (exact) mass is 287 g/mol. The van der Waals surface area contributed by atoms with Gasteiger partial charge in [0.15, 0.2) is 0 Å². The molecule has 1 amide bonds. The van der Waals surface area contributed by atoms with Crippen LogP contribution in [0.25, 0.3) is 0 Å². The van der Waals surface area contributed by atoms with Crippen LogP contribution in [0.2, 0.25) is 0 Å². The molecule has 1 aliphatic rings. The summed E-state index contributed by atoms with van der Waals surface area (Å²) in [5.74, 6) is -0.415. The van der Waals surface area contributed by atoms with Gasteiger partial charge < -0.3 is 10.1 Å². The van der Waals surface area contributed by atoms with Crippen LogP contribution in [0.4, 0.5) is 0 Å². The van der Waals surface area contributed by atoms with Gasteiger partial charge >= 0.3 is 5.97 Å². The third-order valence-corrected chi connectivity index (χ3v) is 3.53. The number of hydrogen-bond acceptors (Lipinski definition) is 3. The second-order valence-corrected chi connectivity index (χ2v) is 5.31. The topological polar surface area (TPSA) is 55.4 Å². The first-order valence-electron chi connectivity index (χ1n) is 7.32. The Morgan fingerprint density at radius 3 is 2.67 bits per heavy atom. The Balaban J connectivity index is 2.13. The van der Waals surface area contributed by atoms with Gasteiger partial charge in [-0.3, -0.25) is 9.59 Å². The summed E-state index contributed by atoms with van der Waals surface area (Å²) < 4.78 is 5.35. The molecule has 0 saturated heterocycles. The van der Waals surface area contributed by atoms with E-state index in [1.54, 1.807) is 0 Å². The highest BCUT2D eigenvalue weighted by atomic mass is 16.5. The molecule has 4 nitrogen and oxygen atoms in total. The van der Waals surface area contributed by atoms with E-state index in [0.717, 1.165) is 5.56 Å². The van der Waals surface area contributed by atoms with E-state index < -0.39 is 0 Å². The summed E-state index contributed by atoms with van der Waals surface area (Å²) in [6.45, 7) is 2.02. The molecule has 0 fully saturated rings. The molecule has 4 heteroatoms. The van der Waals surface area contributed by atoms with Crippen molar-refractivity contribution in [3.8, 4) is 0 Å². The molecule has 1 heterocycles. The number of esters is 1. The molecule has 1 unspecified atom stereocenters. The number of allylic oxidation sites excluding steroid dienone is 2. The summed E-state index contributed by atoms with van der Waals surface area (Å²) in [6, 6.07) is 9.29. The zero-order valence-corrected chi connectivity index (χ0v) is 12.2. The normalized spacial score (nSPS) is 24.4. The zero-order chi connectivity index (χ0) is 15.1. The number of amides is 1. The molecule has 1 aliphatic heterocycles. The highest BCUT2D eigenvalue weighted by molar-refractivity contribution is 5.77. The molecule has 1 aromatic carbocycles. The van der Waals surface area contributed by atoms with Gasteiger partial charge in [0.05, 0.1) is 12.0 Å². The fourth-order valence-corrected chi connectivity index (χ4v) is 2.21. The first-order chi connectivity index (χ1) is 10.2. The summed E-state index contributed by atoms with van der Waals surface area (Å²) >= 11 is 0. The molecule has 1 N–H and O–H groups in total. The molecule has 112 valence electrons. The van der Waals surface area contributed by atoms with Crippen molar-refractivity contribution in [3.63, 3.8) is 0 Å². The maximum absolute atomic E-state index is 11.9. The van der Waals surface area contributed by atoms with Gasteiger partial charge in [-0.05, 0) is 18.4 Å². The third-order valence-electron chi connectivity index (χ3n) is 3.53. The van der Waals surface area contributed by atoms with E-state index in [9.17, 15) is 9.59 Å². The van der Waals surface area contributed by atoms with Crippen molar-refractivity contribution >= 4 is 11.9 Å². The molecule has 1 aromatic rings. The molecule has 0 bridgehead atoms. The van der Waals surface area contributed by atoms with Gasteiger partial charge in [0.25, 0.3) is 0 Å². The summed E-state index contributed by atoms with van der Waals surface area (Å²) in [5.41, 5.74) is 0.943. The van der Waals surface area contributed by atoms with Crippen molar-refractivity contribution < 1.29 is 14.3 Å². The van der Waals surface area contributed by atoms with Crippen molar-refractivity contribution in [2.24, 2.45) is 5.92 Å². The largest absolute Gasteiger partial charge is 0.463 e. The van der Waals surface area contributed by atoms with E-state index in [-0.39, 0.29) is 30.4 Å². The lowest BCUT2D eigenvalue weighted by Crippen LogP contribution is -2.32. The number of hydrogen-bond donors (Lipinski definition) is 1. The summed E-state index contributed by atoms with van der Waals surface area (Å²) in [7, 11) is 0. The standard InChI is InChI=1S/C17H21NO3/c1-13-8-4-2-7-11-16(19)18-15(12-21-17(13)20)14-9-5-3-6-10-14/h2-6,9-10,13,15H,7-8,11-12H2,1H3,(H,18,19)/t13-,15?/m1/s1. The predicted molar refractivity (Wildman–Crippen MR) is 80.4 cm³/mol. The fourth-order valence-electron chi connectivity index (χ4n) is 2.21. The molecule has 0 aromatic heterocycles. The van der Waals surface area contributed by atoms with Gasteiger partial charge in [-0.25, -0.2) is 0 Å². The van der Waals surface area contributed by atoms with Crippen LogP contribution in [0, 0.1) is 5.92 Å². The number of rotatable bonds is 1. The minimum absolute atomic E-state index is 0.0295. The zero-order valence-electron chi connectivity index (χ0n) is 12.2. The van der Waals surface area contributed by atoms with Gasteiger partial charge in [-0.2, -0.15) is 0 Å². The Hall–Kier alpha value is -2.10. The van der Waals surface area contributed by atoms with E-state index in [1.807, 2.05) is 49.4 Å². The molecular formula is C17H21NO3. The molecule has 0 spiro atoms. The first kappa shape index (κ1) is 15.3. The van der Waals surface area contributed by atoms with Crippen molar-refractivity contribution in [1.29, 1.82) is 0 Å². The van der Waals surface area contributed by atoms with E-state index in [2.05, 4.69) is 5.32 Å². The maximum atomic E-state index is 11.9. The minimum Gasteiger partial charge on any atom is -0.463 e. The number of nitrogens with one attached hydrogen (secondary N) is 1. The summed E-state index contributed by atoms with van der Waals surface area (Å²) in [5, 5.41) is 2.94. The number of cyclic esters (lactones) is 1. The first-order valence-corrected chi connectivity index (χ1v) is 7.32. The summed E-state index contributed by atoms with van der Waals surface area (Å²) in [6.07, 6.45) is 5.67. The lowest BCUT2D eigenvalue weighted by Gasteiger charge is -2.20. The Labute approximate surface area is 125 Å². The lowest BCUT2D eigenvalue weighted by atomic mass is 10.1. The van der Waals surface area contributed by atoms with Gasteiger partial charge in [-0.15, -0.1) is 0 Å². The van der Waals surface area contributed by atoms with Crippen LogP contribution in [0.3, 0.4) is 0 Å². The highest BCUT2D eigenvalue weighted by Gasteiger charge is 2.19. The average Bonchev–Trinajstić information content (AvgIpc) is 2.50. The second-order valence-electron chi connectivity index (χ2n) is 5.31. The number of carbonyl (C=O) groups excluding carboxylic acids is 2. The van der Waals surface area contributed by atoms with Crippen LogP contribution in [-0.2, 0) is 14.3 Å². The minimum atomic E-state index is -0.293. The van der Waals surface area contributed by atoms with Crippen molar-refractivity contribution in [2.75, 3.05) is 6.61 Å². The fraction of sp³-hybridized carbons (Fsp3) is 0.412. The lowest BCUT2D eigenvalue weighted by molar-refractivity contribution is -0.149. The SMILES string of the molecule is C[C@@H]1CC=CCCC(=O)NC(c2ccccc2)COC1=O. The second kappa shape index (κ2) is 7.62. The van der Waals surface area contributed by atoms with Crippen LogP contribution in [-0.4, -0.2) is 18.5 Å². The van der Waals surface area contributed by atoms with Crippen LogP contribution in [0.1, 0.15) is 37.8 Å². The number of ether oxygens (including phenoxy) is 1. The smallest absolute Gasteiger partial charge is 0.309 e. The van der Waals surface area contributed by atoms with Gasteiger partial charge in [0, 0.05) is 6.42 Å². The predicted octanol–water partition coefficient (Wildman–Crippen LogP) is 2.76. The van der Waals surface area contributed by atoms with Crippen LogP contribution >= 0.6 is 0 Å². The Morgan fingerprint density at radius 2 is 1.90 bits per heavy atom. The van der Waals surface area contributed by atoms with Crippen LogP contribution in [0.15, 0.2) is 42.5 Å². The van der Waals surface area contributed by atoms with Crippen LogP contribution < -0.4 is 5.32 Å². The highest BCUT2D eigenvalue weighted by Crippen LogP contribution is 2.16. The van der Waals surface area contributed by atoms with E-state index in [0.29, 0.717) is 19.3 Å². The molecule has 0 radical (unpaired) electrons. The van der Waals surface area contributed by atoms with Crippen LogP contribution in [0.5, 0.6) is 0 Å². The van der Waals surface area contributed by atoms with E-state index in [4.69, 9.17) is 4.74 Å². The maximum Gasteiger partial charge on any atom is 0.309 e. The average molecular weight is 287 g/mol. The van der Waals surface area contributed by atoms with Gasteiger partial charge in [0.1, 0.15) is 6.61 Å². The van der Waals surface area contributed by atoms with E-state index >= 15 is 0 Å². The van der Waals surface area contributed by atoms with Crippen molar-refractivity contribution in [1.82, 2.24) is 5.32 Å². The van der Waals surface area contributed by atoms with E-state index in [1.165, 1.54) is 0 Å². The quantitative estimate of drug-likeness (QED) is 0.638. The molecule has 0 aliphatic carbocycles. The van der Waals surface area contributed by atoms with Gasteiger partial charge in [-0.1, -0.05) is 49.4 Å². The Morgan fingerprint density at radius 1 is 1.14 bits per heavy atom. The number of carbonyl (C=O) groups is 2.